The molecule has 106 valence electrons. The summed E-state index contributed by atoms with van der Waals surface area (Å²) in [5, 5.41) is 8.85. The highest BCUT2D eigenvalue weighted by Gasteiger charge is 2.27. The van der Waals surface area contributed by atoms with Gasteiger partial charge >= 0.3 is 5.97 Å². The van der Waals surface area contributed by atoms with Crippen molar-refractivity contribution in [1.82, 2.24) is 4.90 Å². The minimum Gasteiger partial charge on any atom is -0.481 e. The maximum atomic E-state index is 12.1. The van der Waals surface area contributed by atoms with Gasteiger partial charge in [0.15, 0.2) is 0 Å². The van der Waals surface area contributed by atoms with Crippen LogP contribution >= 0.6 is 11.8 Å². The number of allylic oxidation sites excluding steroid dienone is 1. The first-order chi connectivity index (χ1) is 9.63. The van der Waals surface area contributed by atoms with Gasteiger partial charge in [0.25, 0.3) is 0 Å². The summed E-state index contributed by atoms with van der Waals surface area (Å²) in [5.74, 6) is -0.521. The number of amides is 1. The molecule has 0 radical (unpaired) electrons. The highest BCUT2D eigenvalue weighted by atomic mass is 32.2. The van der Waals surface area contributed by atoms with Crippen LogP contribution < -0.4 is 0 Å². The monoisotopic (exact) mass is 291 g/mol. The van der Waals surface area contributed by atoms with E-state index in [9.17, 15) is 9.59 Å². The van der Waals surface area contributed by atoms with Gasteiger partial charge in [-0.05, 0) is 12.0 Å². The molecule has 0 saturated carbocycles. The molecule has 2 rings (SSSR count). The molecule has 0 spiro atoms. The zero-order chi connectivity index (χ0) is 14.5. The molecule has 0 atom stereocenters. The summed E-state index contributed by atoms with van der Waals surface area (Å²) >= 11 is 1.55. The summed E-state index contributed by atoms with van der Waals surface area (Å²) in [7, 11) is 0. The number of rotatable bonds is 5. The number of carboxylic acids is 1. The molecule has 1 aliphatic heterocycles. The molecule has 1 amide bonds. The lowest BCUT2D eigenvalue weighted by atomic mass is 10.1. The van der Waals surface area contributed by atoms with Crippen molar-refractivity contribution in [3.05, 3.63) is 40.8 Å². The van der Waals surface area contributed by atoms with Crippen molar-refractivity contribution < 1.29 is 14.7 Å². The van der Waals surface area contributed by atoms with Crippen LogP contribution in [0.15, 0.2) is 35.2 Å². The fraction of sp³-hybridized carbons (Fsp3) is 0.333. The van der Waals surface area contributed by atoms with Crippen molar-refractivity contribution in [1.29, 1.82) is 0 Å². The van der Waals surface area contributed by atoms with Gasteiger partial charge in [0.1, 0.15) is 0 Å². The molecule has 1 aromatic carbocycles. The summed E-state index contributed by atoms with van der Waals surface area (Å²) in [4.78, 5) is 25.7. The third-order valence-corrected chi connectivity index (χ3v) is 4.34. The Bertz CT molecular complexity index is 539. The predicted molar refractivity (Wildman–Crippen MR) is 80.1 cm³/mol. The van der Waals surface area contributed by atoms with Crippen LogP contribution in [0.2, 0.25) is 0 Å². The van der Waals surface area contributed by atoms with E-state index >= 15 is 0 Å². The summed E-state index contributed by atoms with van der Waals surface area (Å²) in [6.45, 7) is 2.28. The molecule has 0 aliphatic carbocycles. The molecule has 20 heavy (non-hydrogen) atoms. The standard InChI is InChI=1S/C15H17NO3S/c1-2-12-15(11-6-4-3-5-7-11)16(9-8-14(18)19)13(17)10-20-12/h3-7H,2,8-10H2,1H3,(H,18,19). The van der Waals surface area contributed by atoms with Crippen LogP contribution in [0.3, 0.4) is 0 Å². The first-order valence-corrected chi connectivity index (χ1v) is 7.55. The van der Waals surface area contributed by atoms with Gasteiger partial charge in [0.05, 0.1) is 17.9 Å². The minimum absolute atomic E-state index is 0.0210. The SMILES string of the molecule is CCC1=C(c2ccccc2)N(CCC(=O)O)C(=O)CS1. The molecule has 0 saturated heterocycles. The Labute approximate surface area is 122 Å². The maximum Gasteiger partial charge on any atom is 0.305 e. The molecule has 4 nitrogen and oxygen atoms in total. The number of hydrogen-bond donors (Lipinski definition) is 1. The third kappa shape index (κ3) is 3.22. The summed E-state index contributed by atoms with van der Waals surface area (Å²) in [5.41, 5.74) is 1.84. The van der Waals surface area contributed by atoms with E-state index in [0.29, 0.717) is 5.75 Å². The number of hydrogen-bond acceptors (Lipinski definition) is 3. The van der Waals surface area contributed by atoms with E-state index in [2.05, 4.69) is 6.92 Å². The number of thioether (sulfide) groups is 1. The largest absolute Gasteiger partial charge is 0.481 e. The molecule has 1 aromatic rings. The Balaban J connectivity index is 2.39. The lowest BCUT2D eigenvalue weighted by Crippen LogP contribution is -2.36. The lowest BCUT2D eigenvalue weighted by Gasteiger charge is -2.31. The predicted octanol–water partition coefficient (Wildman–Crippen LogP) is 2.82. The van der Waals surface area contributed by atoms with Gasteiger partial charge in [0, 0.05) is 11.4 Å². The number of nitrogens with zero attached hydrogens (tertiary/aromatic N) is 1. The quantitative estimate of drug-likeness (QED) is 0.906. The van der Waals surface area contributed by atoms with Gasteiger partial charge in [-0.3, -0.25) is 9.59 Å². The van der Waals surface area contributed by atoms with E-state index in [-0.39, 0.29) is 18.9 Å². The molecule has 0 fully saturated rings. The van der Waals surface area contributed by atoms with Crippen molar-refractivity contribution in [2.45, 2.75) is 19.8 Å². The zero-order valence-electron chi connectivity index (χ0n) is 11.3. The smallest absolute Gasteiger partial charge is 0.305 e. The van der Waals surface area contributed by atoms with E-state index in [1.807, 2.05) is 30.3 Å². The lowest BCUT2D eigenvalue weighted by molar-refractivity contribution is -0.137. The van der Waals surface area contributed by atoms with Gasteiger partial charge in [-0.15, -0.1) is 11.8 Å². The van der Waals surface area contributed by atoms with Crippen molar-refractivity contribution in [2.75, 3.05) is 12.3 Å². The van der Waals surface area contributed by atoms with E-state index in [4.69, 9.17) is 5.11 Å². The van der Waals surface area contributed by atoms with Crippen LogP contribution in [-0.2, 0) is 9.59 Å². The number of carbonyl (C=O) groups is 2. The van der Waals surface area contributed by atoms with E-state index < -0.39 is 5.97 Å². The Hall–Kier alpha value is -1.75. The summed E-state index contributed by atoms with van der Waals surface area (Å²) < 4.78 is 0. The molecular formula is C15H17NO3S. The third-order valence-electron chi connectivity index (χ3n) is 3.12. The average Bonchev–Trinajstić information content (AvgIpc) is 2.46. The number of carbonyl (C=O) groups excluding carboxylic acids is 1. The number of aliphatic carboxylic acids is 1. The first kappa shape index (κ1) is 14.7. The Morgan fingerprint density at radius 3 is 2.65 bits per heavy atom. The highest BCUT2D eigenvalue weighted by Crippen LogP contribution is 2.36. The summed E-state index contributed by atoms with van der Waals surface area (Å²) in [6, 6.07) is 9.69. The van der Waals surface area contributed by atoms with E-state index in [1.54, 1.807) is 16.7 Å². The Morgan fingerprint density at radius 1 is 1.35 bits per heavy atom. The minimum atomic E-state index is -0.888. The second-order valence-electron chi connectivity index (χ2n) is 4.47. The zero-order valence-corrected chi connectivity index (χ0v) is 12.2. The highest BCUT2D eigenvalue weighted by molar-refractivity contribution is 8.04. The molecule has 1 heterocycles. The fourth-order valence-electron chi connectivity index (χ4n) is 2.20. The molecule has 0 aromatic heterocycles. The average molecular weight is 291 g/mol. The van der Waals surface area contributed by atoms with Crippen LogP contribution in [0.4, 0.5) is 0 Å². The van der Waals surface area contributed by atoms with Gasteiger partial charge in [-0.25, -0.2) is 0 Å². The second-order valence-corrected chi connectivity index (χ2v) is 5.54. The van der Waals surface area contributed by atoms with Crippen molar-refractivity contribution in [3.8, 4) is 0 Å². The van der Waals surface area contributed by atoms with Crippen LogP contribution in [0.5, 0.6) is 0 Å². The van der Waals surface area contributed by atoms with Crippen LogP contribution in [0.1, 0.15) is 25.3 Å². The van der Waals surface area contributed by atoms with Crippen LogP contribution in [0.25, 0.3) is 5.70 Å². The Kier molecular flexibility index (Phi) is 4.84. The molecule has 0 unspecified atom stereocenters. The number of carboxylic acid groups (broad SMARTS) is 1. The summed E-state index contributed by atoms with van der Waals surface area (Å²) in [6.07, 6.45) is 0.801. The van der Waals surface area contributed by atoms with E-state index in [1.165, 1.54) is 0 Å². The molecule has 1 aliphatic rings. The van der Waals surface area contributed by atoms with Crippen molar-refractivity contribution >= 4 is 29.3 Å². The van der Waals surface area contributed by atoms with Gasteiger partial charge in [0.2, 0.25) is 5.91 Å². The van der Waals surface area contributed by atoms with Crippen molar-refractivity contribution in [2.24, 2.45) is 0 Å². The molecular weight excluding hydrogens is 274 g/mol. The fourth-order valence-corrected chi connectivity index (χ4v) is 3.22. The Morgan fingerprint density at radius 2 is 2.05 bits per heavy atom. The topological polar surface area (TPSA) is 57.6 Å². The molecule has 5 heteroatoms. The number of benzene rings is 1. The van der Waals surface area contributed by atoms with Crippen LogP contribution in [0, 0.1) is 0 Å². The van der Waals surface area contributed by atoms with Crippen LogP contribution in [-0.4, -0.2) is 34.2 Å². The molecule has 0 bridgehead atoms. The maximum absolute atomic E-state index is 12.1. The normalized spacial score (nSPS) is 15.7. The van der Waals surface area contributed by atoms with Gasteiger partial charge in [-0.2, -0.15) is 0 Å². The van der Waals surface area contributed by atoms with E-state index in [0.717, 1.165) is 22.6 Å². The molecule has 1 N–H and O–H groups in total. The van der Waals surface area contributed by atoms with Crippen molar-refractivity contribution in [3.63, 3.8) is 0 Å². The first-order valence-electron chi connectivity index (χ1n) is 6.57. The van der Waals surface area contributed by atoms with Gasteiger partial charge in [-0.1, -0.05) is 37.3 Å². The second kappa shape index (κ2) is 6.61. The van der Waals surface area contributed by atoms with Gasteiger partial charge < -0.3 is 10.0 Å².